The molecule has 2 aliphatic heterocycles. The molecule has 17 heteroatoms. The van der Waals surface area contributed by atoms with Crippen molar-refractivity contribution in [3.05, 3.63) is 105 Å². The van der Waals surface area contributed by atoms with Gasteiger partial charge in [-0.05, 0) is 49.7 Å². The van der Waals surface area contributed by atoms with Gasteiger partial charge in [0.25, 0.3) is 11.5 Å². The fourth-order valence-electron chi connectivity index (χ4n) is 5.87. The number of thioether (sulfide) groups is 1. The van der Waals surface area contributed by atoms with Gasteiger partial charge in [-0.2, -0.15) is 0 Å². The summed E-state index contributed by atoms with van der Waals surface area (Å²) in [6, 6.07) is 14.3. The van der Waals surface area contributed by atoms with Crippen LogP contribution in [-0.2, 0) is 19.1 Å². The van der Waals surface area contributed by atoms with Gasteiger partial charge in [-0.3, -0.25) is 19.2 Å². The van der Waals surface area contributed by atoms with Crippen LogP contribution in [0.15, 0.2) is 86.8 Å². The number of hydrogen-bond donors (Lipinski definition) is 2. The van der Waals surface area contributed by atoms with E-state index in [1.807, 2.05) is 0 Å². The number of methoxy groups -OCH3 is 1. The Labute approximate surface area is 309 Å². The molecule has 0 radical (unpaired) electrons. The molecule has 2 N–H and O–H groups in total. The summed E-state index contributed by atoms with van der Waals surface area (Å²) in [4.78, 5) is 91.3. The molecule has 3 amide bonds. The van der Waals surface area contributed by atoms with Gasteiger partial charge in [0.1, 0.15) is 17.5 Å². The number of benzene rings is 3. The van der Waals surface area contributed by atoms with Crippen molar-refractivity contribution in [2.75, 3.05) is 7.11 Å². The van der Waals surface area contributed by atoms with Gasteiger partial charge in [-0.25, -0.2) is 14.2 Å². The molecule has 252 valence electrons. The number of ether oxygens (including phenoxy) is 2. The Morgan fingerprint density at radius 2 is 1.68 bits per heavy atom. The molecule has 6 rings (SSSR count). The van der Waals surface area contributed by atoms with E-state index in [1.165, 1.54) is 59.1 Å². The molecule has 3 aromatic carbocycles. The summed E-state index contributed by atoms with van der Waals surface area (Å²) in [5, 5.41) is 16.4. The van der Waals surface area contributed by atoms with Crippen molar-refractivity contribution in [1.29, 1.82) is 0 Å². The minimum absolute atomic E-state index is 0. The molecule has 2 saturated heterocycles. The van der Waals surface area contributed by atoms with Crippen molar-refractivity contribution in [3.8, 4) is 11.4 Å². The van der Waals surface area contributed by atoms with Gasteiger partial charge in [-0.1, -0.05) is 42.5 Å². The number of para-hydroxylation sites is 1. The monoisotopic (exact) mass is 710 g/mol. The number of hydrogen-bond acceptors (Lipinski definition) is 12. The Morgan fingerprint density at radius 1 is 0.980 bits per heavy atom. The first-order valence-corrected chi connectivity index (χ1v) is 15.6. The second-order valence-electron chi connectivity index (χ2n) is 11.6. The van der Waals surface area contributed by atoms with E-state index in [1.54, 1.807) is 44.2 Å². The number of fused-ring (bicyclic) bond motifs is 2. The van der Waals surface area contributed by atoms with Gasteiger partial charge in [0, 0.05) is 10.3 Å². The van der Waals surface area contributed by atoms with Crippen LogP contribution in [0.3, 0.4) is 0 Å². The van der Waals surface area contributed by atoms with Crippen LogP contribution in [0.2, 0.25) is 0 Å². The third-order valence-corrected chi connectivity index (χ3v) is 9.71. The molecule has 3 heterocycles. The Bertz CT molecular complexity index is 2150. The van der Waals surface area contributed by atoms with Crippen LogP contribution in [-0.4, -0.2) is 68.6 Å². The van der Waals surface area contributed by atoms with Crippen LogP contribution in [0.1, 0.15) is 35.8 Å². The average molecular weight is 711 g/mol. The van der Waals surface area contributed by atoms with Gasteiger partial charge in [-0.15, -0.1) is 11.8 Å². The topological polar surface area (TPSA) is 206 Å². The second-order valence-corrected chi connectivity index (χ2v) is 13.4. The molecule has 2 aliphatic rings. The molecule has 0 spiro atoms. The van der Waals surface area contributed by atoms with Crippen LogP contribution in [0.25, 0.3) is 16.7 Å². The Balaban J connectivity index is 0.00000486. The summed E-state index contributed by atoms with van der Waals surface area (Å²) >= 11 is 1.23. The van der Waals surface area contributed by atoms with Crippen LogP contribution >= 0.6 is 11.8 Å². The zero-order valence-corrected chi connectivity index (χ0v) is 29.8. The van der Waals surface area contributed by atoms with E-state index >= 15 is 0 Å². The first kappa shape index (κ1) is 36.4. The molecule has 50 heavy (non-hydrogen) atoms. The molecular weight excluding hydrogens is 683 g/mol. The molecule has 2 fully saturated rings. The first-order valence-electron chi connectivity index (χ1n) is 14.7. The van der Waals surface area contributed by atoms with Crippen LogP contribution < -0.4 is 61.3 Å². The predicted octanol–water partition coefficient (Wildman–Crippen LogP) is -2.14. The van der Waals surface area contributed by atoms with Crippen molar-refractivity contribution >= 4 is 52.6 Å². The second kappa shape index (κ2) is 14.1. The number of carbonyl (C=O) groups excluding carboxylic acids is 5. The van der Waals surface area contributed by atoms with Gasteiger partial charge in [0.15, 0.2) is 11.3 Å². The van der Waals surface area contributed by atoms with Crippen molar-refractivity contribution in [2.45, 2.75) is 42.1 Å². The molecule has 1 aromatic heterocycles. The van der Waals surface area contributed by atoms with Crippen LogP contribution in [0.4, 0.5) is 4.79 Å². The van der Waals surface area contributed by atoms with Gasteiger partial charge in [0.05, 0.1) is 30.2 Å². The Morgan fingerprint density at radius 3 is 2.36 bits per heavy atom. The van der Waals surface area contributed by atoms with Gasteiger partial charge >= 0.3 is 41.5 Å². The summed E-state index contributed by atoms with van der Waals surface area (Å²) in [6.45, 7) is 3.35. The largest absolute Gasteiger partial charge is 1.00 e. The van der Waals surface area contributed by atoms with E-state index in [9.17, 15) is 38.7 Å². The normalized spacial score (nSPS) is 19.3. The minimum atomic E-state index is -1.39. The third-order valence-electron chi connectivity index (χ3n) is 8.14. The van der Waals surface area contributed by atoms with E-state index in [4.69, 9.17) is 9.15 Å². The molecule has 0 saturated carbocycles. The summed E-state index contributed by atoms with van der Waals surface area (Å²) in [6.07, 6.45) is -1.09. The fraction of sp³-hybridized carbons (Fsp3) is 0.242. The first-order chi connectivity index (χ1) is 23.3. The van der Waals surface area contributed by atoms with E-state index in [2.05, 4.69) is 15.4 Å². The number of carboxylic acid groups (broad SMARTS) is 1. The van der Waals surface area contributed by atoms with Crippen molar-refractivity contribution in [3.63, 3.8) is 0 Å². The number of aliphatic carboxylic acids is 1. The minimum Gasteiger partial charge on any atom is -0.548 e. The number of nitrogens with one attached hydrogen (secondary N) is 2. The standard InChI is InChI=1S/C33H28N4O11S.Na/c1-33(2)24(30(42)43)37-28(41)22(29(37)49-33)35-26(39)21(16-9-5-4-6-10-16)34-25(38)17-11-7-12-18(15-17)36-27(40)19-13-8-14-20(47-32(45)46-3)23(19)48-31(36)44;/h4-15,21-22,24,29H,1-3H3,(H,34,38)(H,35,39)(H,42,43);/q;+1/p-1/t21-,22-,24+,29-;/m1./s1. The molecule has 0 aliphatic carbocycles. The van der Waals surface area contributed by atoms with Gasteiger partial charge in [0.2, 0.25) is 11.8 Å². The Kier molecular flexibility index (Phi) is 10.3. The fourth-order valence-corrected chi connectivity index (χ4v) is 7.49. The number of nitrogens with zero attached hydrogens (tertiary/aromatic N) is 2. The molecule has 0 bridgehead atoms. The number of rotatable bonds is 8. The molecule has 4 aromatic rings. The summed E-state index contributed by atoms with van der Waals surface area (Å²) in [5.74, 6) is -4.80. The molecule has 15 nitrogen and oxygen atoms in total. The SMILES string of the molecule is COC(=O)Oc1cccc2c(=O)n(-c3cccc(C(=O)N[C@@H](C(=O)N[C@@H]4C(=O)N5[C@@H]4SC(C)(C)[C@@H]5C(=O)[O-])c4ccccc4)c3)c(=O)oc12.[Na+]. The smallest absolute Gasteiger partial charge is 0.548 e. The zero-order valence-electron chi connectivity index (χ0n) is 27.0. The third kappa shape index (κ3) is 6.54. The predicted molar refractivity (Wildman–Crippen MR) is 171 cm³/mol. The zero-order chi connectivity index (χ0) is 35.2. The van der Waals surface area contributed by atoms with Crippen LogP contribution in [0.5, 0.6) is 5.75 Å². The number of carbonyl (C=O) groups is 5. The van der Waals surface area contributed by atoms with E-state index in [0.29, 0.717) is 10.1 Å². The Hall–Kier alpha value is -4.90. The average Bonchev–Trinajstić information content (AvgIpc) is 3.34. The van der Waals surface area contributed by atoms with Crippen molar-refractivity contribution < 1.29 is 72.5 Å². The maximum absolute atomic E-state index is 13.7. The molecule has 0 unspecified atom stereocenters. The van der Waals surface area contributed by atoms with Crippen LogP contribution in [0, 0.1) is 0 Å². The number of aromatic nitrogens is 1. The summed E-state index contributed by atoms with van der Waals surface area (Å²) in [7, 11) is 1.09. The maximum Gasteiger partial charge on any atom is 1.00 e. The summed E-state index contributed by atoms with van der Waals surface area (Å²) < 4.78 is 14.6. The number of β-lactam (4-membered cyclic amide) rings is 1. The summed E-state index contributed by atoms with van der Waals surface area (Å²) in [5.41, 5.74) is -0.786. The van der Waals surface area contributed by atoms with Crippen molar-refractivity contribution in [1.82, 2.24) is 20.1 Å². The maximum atomic E-state index is 13.7. The van der Waals surface area contributed by atoms with E-state index in [0.717, 1.165) is 7.11 Å². The quantitative estimate of drug-likeness (QED) is 0.0870. The number of amides is 3. The van der Waals surface area contributed by atoms with Gasteiger partial charge < -0.3 is 39.3 Å². The molecular formula is C33H27N4NaO11S. The number of carboxylic acids is 1. The van der Waals surface area contributed by atoms with E-state index < -0.39 is 69.4 Å². The van der Waals surface area contributed by atoms with E-state index in [-0.39, 0.29) is 57.5 Å². The molecule has 4 atom stereocenters. The van der Waals surface area contributed by atoms with Crippen molar-refractivity contribution in [2.24, 2.45) is 0 Å².